The summed E-state index contributed by atoms with van der Waals surface area (Å²) >= 11 is 0. The van der Waals surface area contributed by atoms with Crippen LogP contribution < -0.4 is 20.9 Å². The van der Waals surface area contributed by atoms with Gasteiger partial charge in [0, 0.05) is 36.8 Å². The van der Waals surface area contributed by atoms with Crippen LogP contribution in [0.25, 0.3) is 0 Å². The zero-order chi connectivity index (χ0) is 21.5. The summed E-state index contributed by atoms with van der Waals surface area (Å²) in [7, 11) is 3.89. The molecule has 3 N–H and O–H groups in total. The molecule has 3 aromatic rings. The number of halogens is 1. The Balaban J connectivity index is 1.60. The highest BCUT2D eigenvalue weighted by molar-refractivity contribution is 6.08. The molecule has 0 saturated heterocycles. The summed E-state index contributed by atoms with van der Waals surface area (Å²) in [6, 6.07) is 19.9. The molecular weight excluding hydrogens is 383 g/mol. The lowest BCUT2D eigenvalue weighted by Crippen LogP contribution is -2.23. The number of rotatable bonds is 7. The van der Waals surface area contributed by atoms with Crippen LogP contribution in [0.2, 0.25) is 0 Å². The fourth-order valence-corrected chi connectivity index (χ4v) is 2.79. The van der Waals surface area contributed by atoms with Crippen molar-refractivity contribution in [2.75, 3.05) is 41.5 Å². The molecule has 0 spiro atoms. The lowest BCUT2D eigenvalue weighted by Gasteiger charge is -2.14. The van der Waals surface area contributed by atoms with Crippen LogP contribution in [0.5, 0.6) is 0 Å². The van der Waals surface area contributed by atoms with Crippen LogP contribution >= 0.6 is 0 Å². The Hall–Kier alpha value is -3.87. The Morgan fingerprint density at radius 2 is 1.43 bits per heavy atom. The third-order valence-corrected chi connectivity index (χ3v) is 4.38. The van der Waals surface area contributed by atoms with E-state index in [1.165, 1.54) is 24.3 Å². The summed E-state index contributed by atoms with van der Waals surface area (Å²) in [6.07, 6.45) is 0. The minimum atomic E-state index is -0.377. The first-order chi connectivity index (χ1) is 14.4. The van der Waals surface area contributed by atoms with E-state index in [1.54, 1.807) is 24.3 Å². The molecule has 6 nitrogen and oxygen atoms in total. The number of nitrogens with one attached hydrogen (secondary N) is 3. The molecule has 0 bridgehead atoms. The van der Waals surface area contributed by atoms with E-state index in [9.17, 15) is 14.0 Å². The number of para-hydroxylation sites is 1. The van der Waals surface area contributed by atoms with Gasteiger partial charge in [0.05, 0.1) is 12.1 Å². The van der Waals surface area contributed by atoms with Crippen LogP contribution in [0.15, 0.2) is 72.8 Å². The summed E-state index contributed by atoms with van der Waals surface area (Å²) < 4.78 is 13.0. The number of anilines is 4. The molecule has 2 amide bonds. The van der Waals surface area contributed by atoms with Crippen LogP contribution in [-0.2, 0) is 4.79 Å². The van der Waals surface area contributed by atoms with Gasteiger partial charge in [-0.1, -0.05) is 12.1 Å². The number of amides is 2. The van der Waals surface area contributed by atoms with Crippen molar-refractivity contribution in [3.05, 3.63) is 84.2 Å². The van der Waals surface area contributed by atoms with Crippen molar-refractivity contribution in [3.63, 3.8) is 0 Å². The third-order valence-electron chi connectivity index (χ3n) is 4.38. The fraction of sp³-hybridized carbons (Fsp3) is 0.130. The minimum Gasteiger partial charge on any atom is -0.378 e. The monoisotopic (exact) mass is 406 g/mol. The lowest BCUT2D eigenvalue weighted by molar-refractivity contribution is -0.114. The van der Waals surface area contributed by atoms with Gasteiger partial charge in [-0.05, 0) is 60.7 Å². The normalized spacial score (nSPS) is 10.2. The lowest BCUT2D eigenvalue weighted by atomic mass is 10.1. The van der Waals surface area contributed by atoms with E-state index in [-0.39, 0.29) is 24.2 Å². The van der Waals surface area contributed by atoms with Gasteiger partial charge < -0.3 is 20.9 Å². The molecule has 0 radical (unpaired) electrons. The van der Waals surface area contributed by atoms with Crippen molar-refractivity contribution >= 4 is 34.6 Å². The highest BCUT2D eigenvalue weighted by Gasteiger charge is 2.12. The van der Waals surface area contributed by atoms with E-state index in [1.807, 2.05) is 43.3 Å². The highest BCUT2D eigenvalue weighted by Crippen LogP contribution is 2.18. The molecule has 0 fully saturated rings. The molecule has 30 heavy (non-hydrogen) atoms. The number of carbonyl (C=O) groups excluding carboxylic acids is 2. The third kappa shape index (κ3) is 5.57. The highest BCUT2D eigenvalue weighted by atomic mass is 19.1. The molecule has 3 aromatic carbocycles. The average Bonchev–Trinajstić information content (AvgIpc) is 2.74. The molecule has 0 saturated carbocycles. The number of nitrogens with zero attached hydrogens (tertiary/aromatic N) is 1. The number of benzene rings is 3. The van der Waals surface area contributed by atoms with Crippen molar-refractivity contribution in [3.8, 4) is 0 Å². The van der Waals surface area contributed by atoms with Crippen LogP contribution in [0.3, 0.4) is 0 Å². The quantitative estimate of drug-likeness (QED) is 0.550. The van der Waals surface area contributed by atoms with E-state index in [0.29, 0.717) is 22.6 Å². The molecular formula is C23H23FN4O2. The van der Waals surface area contributed by atoms with E-state index in [2.05, 4.69) is 16.0 Å². The zero-order valence-electron chi connectivity index (χ0n) is 16.8. The van der Waals surface area contributed by atoms with Crippen molar-refractivity contribution in [1.82, 2.24) is 0 Å². The molecule has 154 valence electrons. The van der Waals surface area contributed by atoms with Crippen LogP contribution in [0, 0.1) is 5.82 Å². The van der Waals surface area contributed by atoms with Gasteiger partial charge in [0.2, 0.25) is 5.91 Å². The predicted octanol–water partition coefficient (Wildman–Crippen LogP) is 4.19. The molecule has 0 atom stereocenters. The maximum atomic E-state index is 13.0. The smallest absolute Gasteiger partial charge is 0.257 e. The summed E-state index contributed by atoms with van der Waals surface area (Å²) in [5.41, 5.74) is 3.11. The number of hydrogen-bond donors (Lipinski definition) is 3. The van der Waals surface area contributed by atoms with Crippen molar-refractivity contribution in [1.29, 1.82) is 0 Å². The van der Waals surface area contributed by atoms with Gasteiger partial charge in [0.1, 0.15) is 5.82 Å². The average molecular weight is 406 g/mol. The Labute approximate surface area is 174 Å². The number of carbonyl (C=O) groups is 2. The van der Waals surface area contributed by atoms with Crippen molar-refractivity contribution in [2.45, 2.75) is 0 Å². The molecule has 0 unspecified atom stereocenters. The maximum absolute atomic E-state index is 13.0. The maximum Gasteiger partial charge on any atom is 0.257 e. The standard InChI is InChI=1S/C23H23FN4O2/c1-28(2)19-13-11-17(12-14-19)26-22(29)15-25-21-6-4-3-5-20(21)23(30)27-18-9-7-16(24)8-10-18/h3-14,25H,15H2,1-2H3,(H,26,29)(H,27,30). The molecule has 0 aliphatic carbocycles. The Morgan fingerprint density at radius 3 is 2.10 bits per heavy atom. The zero-order valence-corrected chi connectivity index (χ0v) is 16.8. The van der Waals surface area contributed by atoms with E-state index in [4.69, 9.17) is 0 Å². The first-order valence-corrected chi connectivity index (χ1v) is 9.39. The largest absolute Gasteiger partial charge is 0.378 e. The predicted molar refractivity (Wildman–Crippen MR) is 119 cm³/mol. The van der Waals surface area contributed by atoms with Gasteiger partial charge in [-0.15, -0.1) is 0 Å². The molecule has 7 heteroatoms. The van der Waals surface area contributed by atoms with Gasteiger partial charge in [-0.25, -0.2) is 4.39 Å². The second-order valence-corrected chi connectivity index (χ2v) is 6.85. The first-order valence-electron chi connectivity index (χ1n) is 9.39. The number of hydrogen-bond acceptors (Lipinski definition) is 4. The van der Waals surface area contributed by atoms with Gasteiger partial charge in [0.15, 0.2) is 0 Å². The van der Waals surface area contributed by atoms with Crippen LogP contribution in [0.1, 0.15) is 10.4 Å². The Bertz CT molecular complexity index is 1020. The SMILES string of the molecule is CN(C)c1ccc(NC(=O)CNc2ccccc2C(=O)Nc2ccc(F)cc2)cc1. The molecule has 3 rings (SSSR count). The minimum absolute atomic E-state index is 0.00370. The molecule has 0 aliphatic heterocycles. The van der Waals surface area contributed by atoms with Crippen molar-refractivity contribution in [2.24, 2.45) is 0 Å². The summed E-state index contributed by atoms with van der Waals surface area (Å²) in [6.45, 7) is -0.00370. The van der Waals surface area contributed by atoms with Gasteiger partial charge in [0.25, 0.3) is 5.91 Å². The van der Waals surface area contributed by atoms with E-state index in [0.717, 1.165) is 5.69 Å². The Kier molecular flexibility index (Phi) is 6.64. The Morgan fingerprint density at radius 1 is 0.833 bits per heavy atom. The van der Waals surface area contributed by atoms with Gasteiger partial charge in [-0.2, -0.15) is 0 Å². The second-order valence-electron chi connectivity index (χ2n) is 6.85. The fourth-order valence-electron chi connectivity index (χ4n) is 2.79. The summed E-state index contributed by atoms with van der Waals surface area (Å²) in [5, 5.41) is 8.53. The van der Waals surface area contributed by atoms with Crippen LogP contribution in [-0.4, -0.2) is 32.5 Å². The first kappa shape index (κ1) is 20.9. The van der Waals surface area contributed by atoms with Crippen LogP contribution in [0.4, 0.5) is 27.1 Å². The summed E-state index contributed by atoms with van der Waals surface area (Å²) in [4.78, 5) is 26.9. The van der Waals surface area contributed by atoms with E-state index >= 15 is 0 Å². The topological polar surface area (TPSA) is 73.5 Å². The van der Waals surface area contributed by atoms with Gasteiger partial charge >= 0.3 is 0 Å². The second kappa shape index (κ2) is 9.56. The van der Waals surface area contributed by atoms with Gasteiger partial charge in [-0.3, -0.25) is 9.59 Å². The molecule has 0 aromatic heterocycles. The van der Waals surface area contributed by atoms with Crippen molar-refractivity contribution < 1.29 is 14.0 Å². The summed E-state index contributed by atoms with van der Waals surface area (Å²) in [5.74, 6) is -0.969. The molecule has 0 heterocycles. The molecule has 0 aliphatic rings. The van der Waals surface area contributed by atoms with E-state index < -0.39 is 0 Å².